The van der Waals surface area contributed by atoms with Gasteiger partial charge in [-0.3, -0.25) is 9.79 Å². The minimum absolute atomic E-state index is 0.0306. The lowest BCUT2D eigenvalue weighted by Crippen LogP contribution is -2.69. The van der Waals surface area contributed by atoms with E-state index in [-0.39, 0.29) is 25.4 Å². The Bertz CT molecular complexity index is 962. The van der Waals surface area contributed by atoms with Gasteiger partial charge in [-0.1, -0.05) is 6.92 Å². The van der Waals surface area contributed by atoms with Crippen LogP contribution in [0.1, 0.15) is 46.5 Å². The Labute approximate surface area is 257 Å². The molecule has 15 atom stereocenters. The molecule has 1 aliphatic carbocycles. The Balaban J connectivity index is 1.81. The highest BCUT2D eigenvalue weighted by Crippen LogP contribution is 2.32. The number of hydrogen-bond donors (Lipinski definition) is 11. The molecule has 3 rings (SSSR count). The summed E-state index contributed by atoms with van der Waals surface area (Å²) < 4.78 is 23.9. The summed E-state index contributed by atoms with van der Waals surface area (Å²) >= 11 is 0. The lowest BCUT2D eigenvalue weighted by molar-refractivity contribution is -0.307. The molecule has 256 valence electrons. The molecule has 2 aliphatic heterocycles. The second-order valence-corrected chi connectivity index (χ2v) is 12.3. The van der Waals surface area contributed by atoms with Crippen LogP contribution in [0, 0.1) is 0 Å². The summed E-state index contributed by atoms with van der Waals surface area (Å²) in [5, 5.41) is 58.8. The highest BCUT2D eigenvalue weighted by Gasteiger charge is 2.52. The molecule has 0 aromatic carbocycles. The fraction of sp³-hybridized carbons (Fsp3) is 0.926. The van der Waals surface area contributed by atoms with E-state index in [0.29, 0.717) is 19.3 Å². The number of amidine groups is 1. The van der Waals surface area contributed by atoms with Gasteiger partial charge in [-0.15, -0.1) is 0 Å². The summed E-state index contributed by atoms with van der Waals surface area (Å²) in [4.78, 5) is 17.1. The Hall–Kier alpha value is -1.58. The van der Waals surface area contributed by atoms with Crippen LogP contribution < -0.4 is 33.6 Å². The second-order valence-electron chi connectivity index (χ2n) is 12.3. The van der Waals surface area contributed by atoms with Crippen LogP contribution in [0.25, 0.3) is 0 Å². The molecule has 0 aromatic heterocycles. The molecule has 17 nitrogen and oxygen atoms in total. The minimum atomic E-state index is -1.53. The summed E-state index contributed by atoms with van der Waals surface area (Å²) in [5.74, 6) is -0.715. The number of likely N-dealkylation sites (N-methyl/N-ethyl adjacent to an activating group) is 1. The molecule has 3 fully saturated rings. The smallest absolute Gasteiger partial charge is 0.250 e. The number of ether oxygens (including phenoxy) is 4. The maximum atomic E-state index is 12.9. The van der Waals surface area contributed by atoms with Gasteiger partial charge in [-0.05, 0) is 46.6 Å². The fourth-order valence-electron chi connectivity index (χ4n) is 5.78. The van der Waals surface area contributed by atoms with Crippen molar-refractivity contribution in [3.63, 3.8) is 0 Å². The van der Waals surface area contributed by atoms with Crippen molar-refractivity contribution >= 4 is 11.7 Å². The molecule has 44 heavy (non-hydrogen) atoms. The highest BCUT2D eigenvalue weighted by molar-refractivity contribution is 5.84. The SMILES string of the molecule is CCC(N)C(O)C(=O)NC1CC(N)C(OC2OC(CN=C(N)C(C)O)CCC2N)C(O)C1OC1OCC(C)(O)C(NC)C1O. The van der Waals surface area contributed by atoms with Gasteiger partial charge in [-0.25, -0.2) is 0 Å². The molecule has 1 amide bonds. The van der Waals surface area contributed by atoms with Crippen molar-refractivity contribution in [2.24, 2.45) is 27.9 Å². The average molecular weight is 636 g/mol. The third kappa shape index (κ3) is 8.81. The standard InChI is InChI=1S/C27H53N7O10/c1-5-13(28)17(36)24(39)34-16-8-15(30)20(43-25-14(29)7-6-12(42-25)9-33-23(31)11(2)35)18(37)21(16)44-26-19(38)22(32-4)27(3,40)10-41-26/h11-22,25-26,32,35-38,40H,5-10,28-30H2,1-4H3,(H2,31,33)(H,34,39). The number of carbonyl (C=O) groups is 1. The van der Waals surface area contributed by atoms with E-state index in [2.05, 4.69) is 15.6 Å². The Morgan fingerprint density at radius 3 is 2.39 bits per heavy atom. The summed E-state index contributed by atoms with van der Waals surface area (Å²) in [5.41, 5.74) is 22.9. The third-order valence-corrected chi connectivity index (χ3v) is 8.62. The van der Waals surface area contributed by atoms with Crippen molar-refractivity contribution in [3.8, 4) is 0 Å². The number of carbonyl (C=O) groups excluding carboxylic acids is 1. The van der Waals surface area contributed by atoms with E-state index < -0.39 is 97.0 Å². The largest absolute Gasteiger partial charge is 0.388 e. The van der Waals surface area contributed by atoms with E-state index in [1.807, 2.05) is 0 Å². The summed E-state index contributed by atoms with van der Waals surface area (Å²) in [7, 11) is 1.56. The molecule has 15 unspecified atom stereocenters. The Kier molecular flexibility index (Phi) is 13.3. The molecular formula is C27H53N7O10. The van der Waals surface area contributed by atoms with Crippen molar-refractivity contribution < 1.29 is 49.3 Å². The fourth-order valence-corrected chi connectivity index (χ4v) is 5.78. The number of aliphatic hydroxyl groups excluding tert-OH is 4. The topological polar surface area (TPSA) is 296 Å². The first-order valence-corrected chi connectivity index (χ1v) is 15.2. The average Bonchev–Trinajstić information content (AvgIpc) is 2.97. The summed E-state index contributed by atoms with van der Waals surface area (Å²) in [6, 6.07) is -4.04. The highest BCUT2D eigenvalue weighted by atomic mass is 16.7. The number of aliphatic imine (C=N–C) groups is 1. The van der Waals surface area contributed by atoms with Crippen LogP contribution in [0.5, 0.6) is 0 Å². The lowest BCUT2D eigenvalue weighted by Gasteiger charge is -2.49. The van der Waals surface area contributed by atoms with Gasteiger partial charge < -0.3 is 78.0 Å². The number of hydrogen-bond acceptors (Lipinski definition) is 15. The molecule has 0 aromatic rings. The predicted octanol–water partition coefficient (Wildman–Crippen LogP) is -4.94. The van der Waals surface area contributed by atoms with Crippen molar-refractivity contribution in [1.82, 2.24) is 10.6 Å². The van der Waals surface area contributed by atoms with E-state index in [0.717, 1.165) is 0 Å². The van der Waals surface area contributed by atoms with E-state index in [1.54, 1.807) is 14.0 Å². The molecule has 0 spiro atoms. The molecule has 1 saturated carbocycles. The van der Waals surface area contributed by atoms with Crippen molar-refractivity contribution in [2.75, 3.05) is 20.2 Å². The normalized spacial score (nSPS) is 42.4. The molecule has 0 bridgehead atoms. The van der Waals surface area contributed by atoms with Crippen molar-refractivity contribution in [1.29, 1.82) is 0 Å². The van der Waals surface area contributed by atoms with Crippen LogP contribution in [-0.2, 0) is 23.7 Å². The third-order valence-electron chi connectivity index (χ3n) is 8.62. The first-order valence-electron chi connectivity index (χ1n) is 15.2. The van der Waals surface area contributed by atoms with Gasteiger partial charge >= 0.3 is 0 Å². The van der Waals surface area contributed by atoms with Crippen LogP contribution in [0.15, 0.2) is 4.99 Å². The van der Waals surface area contributed by atoms with E-state index in [4.69, 9.17) is 41.9 Å². The predicted molar refractivity (Wildman–Crippen MR) is 158 cm³/mol. The molecule has 3 aliphatic rings. The lowest BCUT2D eigenvalue weighted by atomic mass is 9.83. The van der Waals surface area contributed by atoms with Gasteiger partial charge in [0.15, 0.2) is 12.6 Å². The Morgan fingerprint density at radius 1 is 1.11 bits per heavy atom. The number of aliphatic hydroxyl groups is 5. The molecule has 0 radical (unpaired) electrons. The van der Waals surface area contributed by atoms with Gasteiger partial charge in [0.05, 0.1) is 37.4 Å². The number of nitrogens with zero attached hydrogens (tertiary/aromatic N) is 1. The summed E-state index contributed by atoms with van der Waals surface area (Å²) in [6.45, 7) is 4.69. The van der Waals surface area contributed by atoms with Gasteiger partial charge in [-0.2, -0.15) is 0 Å². The molecule has 15 N–H and O–H groups in total. The van der Waals surface area contributed by atoms with Crippen LogP contribution >= 0.6 is 0 Å². The molecule has 2 heterocycles. The van der Waals surface area contributed by atoms with Gasteiger partial charge in [0.1, 0.15) is 48.1 Å². The first kappa shape index (κ1) is 36.9. The van der Waals surface area contributed by atoms with Crippen LogP contribution in [0.2, 0.25) is 0 Å². The zero-order valence-electron chi connectivity index (χ0n) is 25.9. The van der Waals surface area contributed by atoms with Crippen molar-refractivity contribution in [3.05, 3.63) is 0 Å². The maximum absolute atomic E-state index is 12.9. The zero-order chi connectivity index (χ0) is 32.9. The van der Waals surface area contributed by atoms with Crippen molar-refractivity contribution in [2.45, 2.75) is 138 Å². The van der Waals surface area contributed by atoms with Crippen LogP contribution in [0.3, 0.4) is 0 Å². The zero-order valence-corrected chi connectivity index (χ0v) is 25.9. The van der Waals surface area contributed by atoms with Crippen LogP contribution in [-0.4, -0.2) is 149 Å². The molecule has 17 heteroatoms. The quantitative estimate of drug-likeness (QED) is 0.0707. The minimum Gasteiger partial charge on any atom is -0.388 e. The maximum Gasteiger partial charge on any atom is 0.250 e. The number of rotatable bonds is 12. The molecule has 2 saturated heterocycles. The Morgan fingerprint density at radius 2 is 1.77 bits per heavy atom. The van der Waals surface area contributed by atoms with Gasteiger partial charge in [0.2, 0.25) is 0 Å². The number of nitrogens with two attached hydrogens (primary N) is 4. The van der Waals surface area contributed by atoms with Gasteiger partial charge in [0, 0.05) is 12.1 Å². The second kappa shape index (κ2) is 15.8. The number of amides is 1. The van der Waals surface area contributed by atoms with E-state index in [1.165, 1.54) is 13.8 Å². The van der Waals surface area contributed by atoms with Crippen LogP contribution in [0.4, 0.5) is 0 Å². The molecular weight excluding hydrogens is 582 g/mol. The van der Waals surface area contributed by atoms with E-state index >= 15 is 0 Å². The number of nitrogens with one attached hydrogen (secondary N) is 2. The van der Waals surface area contributed by atoms with Gasteiger partial charge in [0.25, 0.3) is 5.91 Å². The monoisotopic (exact) mass is 635 g/mol. The van der Waals surface area contributed by atoms with E-state index in [9.17, 15) is 30.3 Å². The summed E-state index contributed by atoms with van der Waals surface area (Å²) in [6.07, 6.45) is -8.93. The first-order chi connectivity index (χ1) is 20.6.